The Labute approximate surface area is 125 Å². The number of carbonyl (C=O) groups excluding carboxylic acids is 1. The van der Waals surface area contributed by atoms with Crippen LogP contribution in [0.15, 0.2) is 12.1 Å². The van der Waals surface area contributed by atoms with Gasteiger partial charge in [0.15, 0.2) is 6.29 Å². The summed E-state index contributed by atoms with van der Waals surface area (Å²) in [5.41, 5.74) is 1.17. The highest BCUT2D eigenvalue weighted by molar-refractivity contribution is 5.76. The summed E-state index contributed by atoms with van der Waals surface area (Å²) in [5.74, 6) is 2.06. The second kappa shape index (κ2) is 6.17. The highest BCUT2D eigenvalue weighted by atomic mass is 19.1. The molecule has 2 unspecified atom stereocenters. The summed E-state index contributed by atoms with van der Waals surface area (Å²) >= 11 is 0. The first kappa shape index (κ1) is 14.6. The lowest BCUT2D eigenvalue weighted by molar-refractivity contribution is 0.111. The van der Waals surface area contributed by atoms with E-state index in [-0.39, 0.29) is 5.56 Å². The van der Waals surface area contributed by atoms with Gasteiger partial charge in [0, 0.05) is 6.07 Å². The van der Waals surface area contributed by atoms with Crippen LogP contribution in [0, 0.1) is 17.7 Å². The SMILES string of the molecule is CCC1CCC(COc2cc(F)c(C=O)cc2C2CC2)C1. The maximum absolute atomic E-state index is 13.8. The van der Waals surface area contributed by atoms with Crippen LogP contribution in [-0.4, -0.2) is 12.9 Å². The van der Waals surface area contributed by atoms with Crippen molar-refractivity contribution < 1.29 is 13.9 Å². The summed E-state index contributed by atoms with van der Waals surface area (Å²) in [4.78, 5) is 10.9. The molecule has 0 heterocycles. The molecule has 0 radical (unpaired) electrons. The lowest BCUT2D eigenvalue weighted by Gasteiger charge is -2.16. The predicted octanol–water partition coefficient (Wildman–Crippen LogP) is 4.72. The first-order chi connectivity index (χ1) is 10.2. The van der Waals surface area contributed by atoms with E-state index in [1.165, 1.54) is 31.7 Å². The third-order valence-electron chi connectivity index (χ3n) is 4.97. The zero-order valence-corrected chi connectivity index (χ0v) is 12.6. The van der Waals surface area contributed by atoms with E-state index >= 15 is 0 Å². The Bertz CT molecular complexity index is 522. The van der Waals surface area contributed by atoms with Gasteiger partial charge in [-0.25, -0.2) is 4.39 Å². The van der Waals surface area contributed by atoms with Crippen LogP contribution < -0.4 is 4.74 Å². The number of aldehydes is 1. The van der Waals surface area contributed by atoms with E-state index in [1.54, 1.807) is 6.07 Å². The van der Waals surface area contributed by atoms with Crippen LogP contribution in [0.4, 0.5) is 4.39 Å². The number of hydrogen-bond donors (Lipinski definition) is 0. The van der Waals surface area contributed by atoms with Gasteiger partial charge in [0.25, 0.3) is 0 Å². The van der Waals surface area contributed by atoms with Crippen molar-refractivity contribution in [2.45, 2.75) is 51.4 Å². The van der Waals surface area contributed by atoms with Crippen LogP contribution in [0.1, 0.15) is 67.3 Å². The molecule has 2 atom stereocenters. The molecule has 1 aromatic carbocycles. The number of carbonyl (C=O) groups is 1. The Kier molecular flexibility index (Phi) is 4.27. The molecule has 0 bridgehead atoms. The second-order valence-corrected chi connectivity index (χ2v) is 6.57. The maximum Gasteiger partial charge on any atom is 0.153 e. The average Bonchev–Trinajstić information content (AvgIpc) is 3.23. The lowest BCUT2D eigenvalue weighted by Crippen LogP contribution is -2.10. The van der Waals surface area contributed by atoms with Crippen LogP contribution in [0.5, 0.6) is 5.75 Å². The van der Waals surface area contributed by atoms with E-state index in [4.69, 9.17) is 4.74 Å². The Hall–Kier alpha value is -1.38. The summed E-state index contributed by atoms with van der Waals surface area (Å²) < 4.78 is 19.8. The van der Waals surface area contributed by atoms with E-state index < -0.39 is 5.82 Å². The highest BCUT2D eigenvalue weighted by Crippen LogP contribution is 2.45. The molecular formula is C18H23FO2. The standard InChI is InChI=1S/C18H23FO2/c1-2-12-3-4-13(7-12)11-21-18-9-17(19)15(10-20)8-16(18)14-5-6-14/h8-10,12-14H,2-7,11H2,1H3. The summed E-state index contributed by atoms with van der Waals surface area (Å²) in [7, 11) is 0. The van der Waals surface area contributed by atoms with Crippen LogP contribution in [0.3, 0.4) is 0 Å². The minimum atomic E-state index is -0.470. The summed E-state index contributed by atoms with van der Waals surface area (Å²) in [5, 5.41) is 0. The van der Waals surface area contributed by atoms with Crippen LogP contribution in [0.25, 0.3) is 0 Å². The number of ether oxygens (including phenoxy) is 1. The lowest BCUT2D eigenvalue weighted by atomic mass is 10.0. The van der Waals surface area contributed by atoms with Crippen molar-refractivity contribution in [1.29, 1.82) is 0 Å². The van der Waals surface area contributed by atoms with Gasteiger partial charge in [0.05, 0.1) is 12.2 Å². The van der Waals surface area contributed by atoms with Gasteiger partial charge >= 0.3 is 0 Å². The normalized spacial score (nSPS) is 25.0. The predicted molar refractivity (Wildman–Crippen MR) is 80.4 cm³/mol. The fraction of sp³-hybridized carbons (Fsp3) is 0.611. The molecule has 114 valence electrons. The molecular weight excluding hydrogens is 267 g/mol. The minimum Gasteiger partial charge on any atom is -0.493 e. The van der Waals surface area contributed by atoms with Gasteiger partial charge in [-0.1, -0.05) is 19.8 Å². The molecule has 0 aromatic heterocycles. The highest BCUT2D eigenvalue weighted by Gasteiger charge is 2.29. The smallest absolute Gasteiger partial charge is 0.153 e. The molecule has 1 aromatic rings. The molecule has 2 fully saturated rings. The van der Waals surface area contributed by atoms with E-state index in [0.29, 0.717) is 30.5 Å². The van der Waals surface area contributed by atoms with Crippen molar-refractivity contribution in [2.24, 2.45) is 11.8 Å². The van der Waals surface area contributed by atoms with E-state index in [2.05, 4.69) is 6.92 Å². The topological polar surface area (TPSA) is 26.3 Å². The van der Waals surface area contributed by atoms with Gasteiger partial charge < -0.3 is 4.74 Å². The third-order valence-corrected chi connectivity index (χ3v) is 4.97. The molecule has 2 aliphatic rings. The van der Waals surface area contributed by atoms with Crippen LogP contribution >= 0.6 is 0 Å². The molecule has 2 aliphatic carbocycles. The van der Waals surface area contributed by atoms with E-state index in [0.717, 1.165) is 24.3 Å². The van der Waals surface area contributed by atoms with E-state index in [1.807, 2.05) is 0 Å². The molecule has 0 saturated heterocycles. The van der Waals surface area contributed by atoms with Crippen LogP contribution in [0.2, 0.25) is 0 Å². The average molecular weight is 290 g/mol. The van der Waals surface area contributed by atoms with Gasteiger partial charge in [-0.15, -0.1) is 0 Å². The number of halogens is 1. The largest absolute Gasteiger partial charge is 0.493 e. The molecule has 21 heavy (non-hydrogen) atoms. The molecule has 0 aliphatic heterocycles. The number of hydrogen-bond acceptors (Lipinski definition) is 2. The fourth-order valence-electron chi connectivity index (χ4n) is 3.43. The Morgan fingerprint density at radius 3 is 2.62 bits per heavy atom. The van der Waals surface area contributed by atoms with Crippen molar-refractivity contribution in [3.05, 3.63) is 29.1 Å². The fourth-order valence-corrected chi connectivity index (χ4v) is 3.43. The monoisotopic (exact) mass is 290 g/mol. The Balaban J connectivity index is 1.69. The first-order valence-electron chi connectivity index (χ1n) is 8.12. The van der Waals surface area contributed by atoms with Crippen molar-refractivity contribution in [3.8, 4) is 5.75 Å². The molecule has 2 saturated carbocycles. The quantitative estimate of drug-likeness (QED) is 0.709. The van der Waals surface area contributed by atoms with Gasteiger partial charge in [0.2, 0.25) is 0 Å². The van der Waals surface area contributed by atoms with Gasteiger partial charge in [0.1, 0.15) is 11.6 Å². The Morgan fingerprint density at radius 2 is 2.00 bits per heavy atom. The molecule has 2 nitrogen and oxygen atoms in total. The maximum atomic E-state index is 13.8. The van der Waals surface area contributed by atoms with Crippen molar-refractivity contribution >= 4 is 6.29 Å². The second-order valence-electron chi connectivity index (χ2n) is 6.57. The number of benzene rings is 1. The first-order valence-corrected chi connectivity index (χ1v) is 8.12. The zero-order chi connectivity index (χ0) is 14.8. The van der Waals surface area contributed by atoms with Crippen LogP contribution in [-0.2, 0) is 0 Å². The summed E-state index contributed by atoms with van der Waals surface area (Å²) in [6.45, 7) is 2.92. The molecule has 0 N–H and O–H groups in total. The zero-order valence-electron chi connectivity index (χ0n) is 12.6. The summed E-state index contributed by atoms with van der Waals surface area (Å²) in [6, 6.07) is 3.09. The van der Waals surface area contributed by atoms with Crippen molar-refractivity contribution in [3.63, 3.8) is 0 Å². The minimum absolute atomic E-state index is 0.149. The van der Waals surface area contributed by atoms with Gasteiger partial charge in [-0.05, 0) is 55.1 Å². The van der Waals surface area contributed by atoms with Gasteiger partial charge in [-0.3, -0.25) is 4.79 Å². The van der Waals surface area contributed by atoms with Crippen molar-refractivity contribution in [1.82, 2.24) is 0 Å². The third kappa shape index (κ3) is 3.28. The molecule has 3 rings (SSSR count). The molecule has 0 amide bonds. The van der Waals surface area contributed by atoms with Gasteiger partial charge in [-0.2, -0.15) is 0 Å². The molecule has 0 spiro atoms. The molecule has 3 heteroatoms. The Morgan fingerprint density at radius 1 is 1.24 bits per heavy atom. The number of rotatable bonds is 6. The van der Waals surface area contributed by atoms with Crippen molar-refractivity contribution in [2.75, 3.05) is 6.61 Å². The summed E-state index contributed by atoms with van der Waals surface area (Å²) in [6.07, 6.45) is 7.79. The van der Waals surface area contributed by atoms with E-state index in [9.17, 15) is 9.18 Å².